The fraction of sp³-hybridized carbons (Fsp3) is 0.444. The zero-order valence-electron chi connectivity index (χ0n) is 20.0. The second-order valence-corrected chi connectivity index (χ2v) is 9.83. The molecule has 1 heterocycles. The first-order chi connectivity index (χ1) is 17.2. The van der Waals surface area contributed by atoms with Gasteiger partial charge < -0.3 is 31.3 Å². The summed E-state index contributed by atoms with van der Waals surface area (Å²) >= 11 is 0. The van der Waals surface area contributed by atoms with Gasteiger partial charge in [0.25, 0.3) is 0 Å². The van der Waals surface area contributed by atoms with Crippen molar-refractivity contribution in [3.05, 3.63) is 65.7 Å². The molecule has 9 heteroatoms. The SMILES string of the molecule is NC(=O)[C@@H]1C[C@@H]2CC[C@H](O)C[C@@H]2N1C(=O)[C@@H](Cc1ccccc1)NC(=O)[C@H](O)Cc1ccc(O)cc1. The van der Waals surface area contributed by atoms with Gasteiger partial charge in [0.1, 0.15) is 23.9 Å². The first-order valence-electron chi connectivity index (χ1n) is 12.3. The number of nitrogens with zero attached hydrogens (tertiary/aromatic N) is 1. The van der Waals surface area contributed by atoms with Gasteiger partial charge in [-0.1, -0.05) is 42.5 Å². The molecule has 0 radical (unpaired) electrons. The van der Waals surface area contributed by atoms with Gasteiger partial charge >= 0.3 is 0 Å². The Balaban J connectivity index is 1.56. The van der Waals surface area contributed by atoms with Crippen molar-refractivity contribution in [2.45, 2.75) is 68.9 Å². The molecule has 4 rings (SSSR count). The van der Waals surface area contributed by atoms with E-state index in [2.05, 4.69) is 5.32 Å². The average Bonchev–Trinajstić information content (AvgIpc) is 3.24. The molecule has 1 aliphatic carbocycles. The molecular weight excluding hydrogens is 462 g/mol. The number of aromatic hydroxyl groups is 1. The lowest BCUT2D eigenvalue weighted by molar-refractivity contribution is -0.144. The van der Waals surface area contributed by atoms with Crippen molar-refractivity contribution in [1.82, 2.24) is 10.2 Å². The summed E-state index contributed by atoms with van der Waals surface area (Å²) in [6, 6.07) is 13.1. The maximum absolute atomic E-state index is 13.9. The molecule has 2 aromatic carbocycles. The Bertz CT molecular complexity index is 1080. The van der Waals surface area contributed by atoms with Crippen LogP contribution in [0, 0.1) is 5.92 Å². The van der Waals surface area contributed by atoms with Gasteiger partial charge in [0.2, 0.25) is 17.7 Å². The van der Waals surface area contributed by atoms with Gasteiger partial charge in [-0.15, -0.1) is 0 Å². The van der Waals surface area contributed by atoms with Crippen LogP contribution >= 0.6 is 0 Å². The number of rotatable bonds is 8. The van der Waals surface area contributed by atoms with Crippen LogP contribution in [0.4, 0.5) is 0 Å². The van der Waals surface area contributed by atoms with Gasteiger partial charge in [0.05, 0.1) is 6.10 Å². The number of aliphatic hydroxyl groups excluding tert-OH is 2. The number of hydrogen-bond donors (Lipinski definition) is 5. The van der Waals surface area contributed by atoms with Crippen molar-refractivity contribution in [2.75, 3.05) is 0 Å². The highest BCUT2D eigenvalue weighted by Crippen LogP contribution is 2.40. The summed E-state index contributed by atoms with van der Waals surface area (Å²) in [5.74, 6) is -1.64. The van der Waals surface area contributed by atoms with E-state index in [1.54, 1.807) is 12.1 Å². The van der Waals surface area contributed by atoms with Crippen molar-refractivity contribution in [2.24, 2.45) is 11.7 Å². The monoisotopic (exact) mass is 495 g/mol. The fourth-order valence-corrected chi connectivity index (χ4v) is 5.45. The fourth-order valence-electron chi connectivity index (χ4n) is 5.45. The zero-order chi connectivity index (χ0) is 25.8. The van der Waals surface area contributed by atoms with Gasteiger partial charge in [0.15, 0.2) is 0 Å². The molecule has 6 atom stereocenters. The van der Waals surface area contributed by atoms with E-state index >= 15 is 0 Å². The third kappa shape index (κ3) is 5.85. The van der Waals surface area contributed by atoms with Crippen LogP contribution in [0.3, 0.4) is 0 Å². The van der Waals surface area contributed by atoms with E-state index in [1.807, 2.05) is 30.3 Å². The minimum absolute atomic E-state index is 0.00285. The van der Waals surface area contributed by atoms with Crippen molar-refractivity contribution < 1.29 is 29.7 Å². The predicted molar refractivity (Wildman–Crippen MR) is 131 cm³/mol. The predicted octanol–water partition coefficient (Wildman–Crippen LogP) is 0.639. The number of carbonyl (C=O) groups excluding carboxylic acids is 3. The number of phenolic OH excluding ortho intramolecular Hbond substituents is 1. The molecule has 2 aromatic rings. The Morgan fingerprint density at radius 3 is 2.31 bits per heavy atom. The summed E-state index contributed by atoms with van der Waals surface area (Å²) in [6.45, 7) is 0. The van der Waals surface area contributed by atoms with Gasteiger partial charge in [0, 0.05) is 18.9 Å². The largest absolute Gasteiger partial charge is 0.508 e. The molecule has 1 saturated carbocycles. The second kappa shape index (κ2) is 11.1. The van der Waals surface area contributed by atoms with Crippen LogP contribution in [0.2, 0.25) is 0 Å². The second-order valence-electron chi connectivity index (χ2n) is 9.83. The first kappa shape index (κ1) is 25.7. The number of likely N-dealkylation sites (tertiary alicyclic amines) is 1. The summed E-state index contributed by atoms with van der Waals surface area (Å²) in [5.41, 5.74) is 7.12. The number of nitrogens with two attached hydrogens (primary N) is 1. The average molecular weight is 496 g/mol. The summed E-state index contributed by atoms with van der Waals surface area (Å²) < 4.78 is 0. The molecule has 0 unspecified atom stereocenters. The third-order valence-corrected chi connectivity index (χ3v) is 7.30. The van der Waals surface area contributed by atoms with Gasteiger partial charge in [-0.25, -0.2) is 0 Å². The molecule has 6 N–H and O–H groups in total. The number of nitrogens with one attached hydrogen (secondary N) is 1. The Kier molecular flexibility index (Phi) is 7.91. The lowest BCUT2D eigenvalue weighted by Gasteiger charge is -2.37. The van der Waals surface area contributed by atoms with E-state index < -0.39 is 42.0 Å². The standard InChI is InChI=1S/C27H33N3O6/c28-25(34)23-14-18-8-11-20(32)15-22(18)30(23)27(36)21(12-16-4-2-1-3-5-16)29-26(35)24(33)13-17-6-9-19(31)10-7-17/h1-7,9-10,18,20-24,31-33H,8,11-15H2,(H2,28,34)(H,29,35)/t18-,20-,21+,22-,23-,24+/m0/s1. The maximum Gasteiger partial charge on any atom is 0.249 e. The van der Waals surface area contributed by atoms with Crippen LogP contribution in [-0.2, 0) is 27.2 Å². The molecule has 36 heavy (non-hydrogen) atoms. The Hall–Kier alpha value is -3.43. The van der Waals surface area contributed by atoms with Crippen molar-refractivity contribution in [3.63, 3.8) is 0 Å². The molecular formula is C27H33N3O6. The third-order valence-electron chi connectivity index (χ3n) is 7.30. The number of primary amides is 1. The molecule has 192 valence electrons. The Labute approximate surface area is 209 Å². The smallest absolute Gasteiger partial charge is 0.249 e. The molecule has 1 saturated heterocycles. The number of carbonyl (C=O) groups is 3. The molecule has 3 amide bonds. The minimum Gasteiger partial charge on any atom is -0.508 e. The van der Waals surface area contributed by atoms with Crippen molar-refractivity contribution >= 4 is 17.7 Å². The molecule has 2 fully saturated rings. The number of hydrogen-bond acceptors (Lipinski definition) is 6. The number of fused-ring (bicyclic) bond motifs is 1. The highest BCUT2D eigenvalue weighted by molar-refractivity contribution is 5.93. The lowest BCUT2D eigenvalue weighted by atomic mass is 9.83. The molecule has 0 aromatic heterocycles. The molecule has 1 aliphatic heterocycles. The molecule has 9 nitrogen and oxygen atoms in total. The summed E-state index contributed by atoms with van der Waals surface area (Å²) in [4.78, 5) is 40.6. The van der Waals surface area contributed by atoms with Crippen molar-refractivity contribution in [1.29, 1.82) is 0 Å². The quantitative estimate of drug-likeness (QED) is 0.362. The Morgan fingerprint density at radius 2 is 1.64 bits per heavy atom. The van der Waals surface area contributed by atoms with E-state index in [1.165, 1.54) is 17.0 Å². The minimum atomic E-state index is -1.42. The number of aliphatic hydroxyl groups is 2. The van der Waals surface area contributed by atoms with E-state index in [-0.39, 0.29) is 30.6 Å². The molecule has 2 aliphatic rings. The summed E-state index contributed by atoms with van der Waals surface area (Å²) in [6.07, 6.45) is 0.284. The summed E-state index contributed by atoms with van der Waals surface area (Å²) in [7, 11) is 0. The lowest BCUT2D eigenvalue weighted by Crippen LogP contribution is -2.58. The van der Waals surface area contributed by atoms with Crippen LogP contribution in [-0.4, -0.2) is 68.3 Å². The van der Waals surface area contributed by atoms with Gasteiger partial charge in [-0.2, -0.15) is 0 Å². The van der Waals surface area contributed by atoms with Crippen molar-refractivity contribution in [3.8, 4) is 5.75 Å². The van der Waals surface area contributed by atoms with Gasteiger partial charge in [-0.05, 0) is 54.9 Å². The van der Waals surface area contributed by atoms with Gasteiger partial charge in [-0.3, -0.25) is 14.4 Å². The highest BCUT2D eigenvalue weighted by atomic mass is 16.3. The van der Waals surface area contributed by atoms with E-state index in [9.17, 15) is 29.7 Å². The van der Waals surface area contributed by atoms with E-state index in [4.69, 9.17) is 5.73 Å². The highest BCUT2D eigenvalue weighted by Gasteiger charge is 2.49. The van der Waals surface area contributed by atoms with Crippen LogP contribution < -0.4 is 11.1 Å². The normalized spacial score (nSPS) is 25.0. The topological polar surface area (TPSA) is 153 Å². The van der Waals surface area contributed by atoms with Crippen LogP contribution in [0.1, 0.15) is 36.8 Å². The Morgan fingerprint density at radius 1 is 0.972 bits per heavy atom. The molecule has 0 bridgehead atoms. The van der Waals surface area contributed by atoms with Crippen LogP contribution in [0.25, 0.3) is 0 Å². The number of benzene rings is 2. The summed E-state index contributed by atoms with van der Waals surface area (Å²) in [5, 5.41) is 33.0. The number of phenols is 1. The van der Waals surface area contributed by atoms with E-state index in [0.717, 1.165) is 5.56 Å². The maximum atomic E-state index is 13.9. The van der Waals surface area contributed by atoms with Crippen LogP contribution in [0.15, 0.2) is 54.6 Å². The first-order valence-corrected chi connectivity index (χ1v) is 12.3. The zero-order valence-corrected chi connectivity index (χ0v) is 20.0. The van der Waals surface area contributed by atoms with Crippen LogP contribution in [0.5, 0.6) is 5.75 Å². The number of amides is 3. The molecule has 0 spiro atoms. The van der Waals surface area contributed by atoms with E-state index in [0.29, 0.717) is 31.2 Å².